The highest BCUT2D eigenvalue weighted by atomic mass is 32.2. The number of hydrogen-bond donors (Lipinski definition) is 0. The Morgan fingerprint density at radius 1 is 1.38 bits per heavy atom. The van der Waals surface area contributed by atoms with Gasteiger partial charge >= 0.3 is 0 Å². The minimum Gasteiger partial charge on any atom is -0.306 e. The predicted octanol–water partition coefficient (Wildman–Crippen LogP) is 0.738. The topological polar surface area (TPSA) is 51.4 Å². The van der Waals surface area contributed by atoms with Crippen molar-refractivity contribution in [1.82, 2.24) is 9.38 Å². The highest BCUT2D eigenvalue weighted by molar-refractivity contribution is 7.90. The first-order valence-electron chi connectivity index (χ1n) is 3.71. The van der Waals surface area contributed by atoms with Crippen LogP contribution in [0.5, 0.6) is 0 Å². The van der Waals surface area contributed by atoms with Gasteiger partial charge in [0.25, 0.3) is 0 Å². The van der Waals surface area contributed by atoms with Crippen LogP contribution in [0.4, 0.5) is 0 Å². The van der Waals surface area contributed by atoms with Gasteiger partial charge in [-0.05, 0) is 12.1 Å². The molecule has 0 aromatic carbocycles. The van der Waals surface area contributed by atoms with Crippen molar-refractivity contribution in [3.63, 3.8) is 0 Å². The summed E-state index contributed by atoms with van der Waals surface area (Å²) in [6.07, 6.45) is 6.22. The molecule has 13 heavy (non-hydrogen) atoms. The van der Waals surface area contributed by atoms with Gasteiger partial charge in [-0.15, -0.1) is 0 Å². The van der Waals surface area contributed by atoms with E-state index in [0.29, 0.717) is 5.65 Å². The quantitative estimate of drug-likeness (QED) is 0.676. The van der Waals surface area contributed by atoms with E-state index in [1.807, 2.05) is 0 Å². The minimum atomic E-state index is -3.18. The van der Waals surface area contributed by atoms with Crippen molar-refractivity contribution >= 4 is 15.5 Å². The summed E-state index contributed by atoms with van der Waals surface area (Å²) in [5.41, 5.74) is 0.477. The molecule has 4 nitrogen and oxygen atoms in total. The maximum Gasteiger partial charge on any atom is 0.179 e. The van der Waals surface area contributed by atoms with Crippen LogP contribution in [-0.4, -0.2) is 24.1 Å². The van der Waals surface area contributed by atoms with Gasteiger partial charge in [0.05, 0.1) is 0 Å². The van der Waals surface area contributed by atoms with Crippen molar-refractivity contribution in [3.05, 3.63) is 30.7 Å². The third-order valence-electron chi connectivity index (χ3n) is 1.78. The monoisotopic (exact) mass is 196 g/mol. The van der Waals surface area contributed by atoms with Gasteiger partial charge in [0.2, 0.25) is 0 Å². The van der Waals surface area contributed by atoms with Gasteiger partial charge in [-0.3, -0.25) is 0 Å². The molecule has 0 saturated heterocycles. The smallest absolute Gasteiger partial charge is 0.179 e. The lowest BCUT2D eigenvalue weighted by atomic mass is 10.5. The Morgan fingerprint density at radius 3 is 2.85 bits per heavy atom. The Bertz CT molecular complexity index is 542. The van der Waals surface area contributed by atoms with Gasteiger partial charge in [-0.2, -0.15) is 0 Å². The molecule has 68 valence electrons. The van der Waals surface area contributed by atoms with Crippen molar-refractivity contribution in [1.29, 1.82) is 0 Å². The fourth-order valence-electron chi connectivity index (χ4n) is 1.21. The third kappa shape index (κ3) is 1.31. The molecule has 0 spiro atoms. The van der Waals surface area contributed by atoms with E-state index in [2.05, 4.69) is 4.98 Å². The Hall–Kier alpha value is -1.36. The summed E-state index contributed by atoms with van der Waals surface area (Å²) >= 11 is 0. The van der Waals surface area contributed by atoms with Crippen LogP contribution in [0.1, 0.15) is 0 Å². The third-order valence-corrected chi connectivity index (χ3v) is 2.90. The van der Waals surface area contributed by atoms with Crippen LogP contribution in [0.25, 0.3) is 5.65 Å². The molecule has 0 N–H and O–H groups in total. The summed E-state index contributed by atoms with van der Waals surface area (Å²) in [4.78, 5) is 4.23. The standard InChI is InChI=1S/C8H8N2O2S/c1-13(11,12)7-3-2-5-10-6-4-9-8(7)10/h2-6H,1H3. The molecule has 0 aliphatic rings. The van der Waals surface area contributed by atoms with E-state index in [-0.39, 0.29) is 4.90 Å². The van der Waals surface area contributed by atoms with Crippen molar-refractivity contribution in [2.45, 2.75) is 4.90 Å². The highest BCUT2D eigenvalue weighted by Crippen LogP contribution is 2.14. The molecule has 2 aromatic rings. The maximum atomic E-state index is 11.3. The summed E-state index contributed by atoms with van der Waals surface area (Å²) < 4.78 is 24.3. The highest BCUT2D eigenvalue weighted by Gasteiger charge is 2.11. The molecule has 2 aromatic heterocycles. The fraction of sp³-hybridized carbons (Fsp3) is 0.125. The molecular formula is C8H8N2O2S. The van der Waals surface area contributed by atoms with E-state index >= 15 is 0 Å². The second kappa shape index (κ2) is 2.56. The Balaban J connectivity index is 2.91. The number of aromatic nitrogens is 2. The molecule has 0 aliphatic carbocycles. The zero-order chi connectivity index (χ0) is 9.47. The zero-order valence-electron chi connectivity index (χ0n) is 7.01. The molecule has 5 heteroatoms. The van der Waals surface area contributed by atoms with Gasteiger partial charge < -0.3 is 4.40 Å². The molecule has 2 rings (SSSR count). The van der Waals surface area contributed by atoms with Crippen molar-refractivity contribution in [3.8, 4) is 0 Å². The molecule has 0 fully saturated rings. The molecule has 0 aliphatic heterocycles. The van der Waals surface area contributed by atoms with Gasteiger partial charge in [-0.1, -0.05) is 0 Å². The van der Waals surface area contributed by atoms with Crippen LogP contribution in [0.3, 0.4) is 0 Å². The van der Waals surface area contributed by atoms with Crippen LogP contribution in [0.15, 0.2) is 35.6 Å². The summed E-state index contributed by atoms with van der Waals surface area (Å²) in [5.74, 6) is 0. The van der Waals surface area contributed by atoms with Crippen molar-refractivity contribution in [2.75, 3.05) is 6.26 Å². The first kappa shape index (κ1) is 8.25. The number of imidazole rings is 1. The summed E-state index contributed by atoms with van der Waals surface area (Å²) in [6.45, 7) is 0. The first-order chi connectivity index (χ1) is 6.09. The van der Waals surface area contributed by atoms with Crippen LogP contribution in [-0.2, 0) is 9.84 Å². The van der Waals surface area contributed by atoms with E-state index in [9.17, 15) is 8.42 Å². The van der Waals surface area contributed by atoms with Gasteiger partial charge in [0.15, 0.2) is 15.5 Å². The predicted molar refractivity (Wildman–Crippen MR) is 48.3 cm³/mol. The molecule has 2 heterocycles. The number of pyridine rings is 1. The first-order valence-corrected chi connectivity index (χ1v) is 5.60. The summed E-state index contributed by atoms with van der Waals surface area (Å²) in [6, 6.07) is 3.24. The normalized spacial score (nSPS) is 12.1. The fourth-order valence-corrected chi connectivity index (χ4v) is 2.03. The number of fused-ring (bicyclic) bond motifs is 1. The van der Waals surface area contributed by atoms with E-state index in [4.69, 9.17) is 0 Å². The lowest BCUT2D eigenvalue weighted by Crippen LogP contribution is -2.00. The molecule has 0 unspecified atom stereocenters. The molecule has 0 amide bonds. The van der Waals surface area contributed by atoms with Crippen LogP contribution >= 0.6 is 0 Å². The average Bonchev–Trinajstić information content (AvgIpc) is 2.48. The van der Waals surface area contributed by atoms with E-state index < -0.39 is 9.84 Å². The molecule has 0 radical (unpaired) electrons. The lowest BCUT2D eigenvalue weighted by Gasteiger charge is -1.99. The van der Waals surface area contributed by atoms with Crippen LogP contribution < -0.4 is 0 Å². The molecular weight excluding hydrogens is 188 g/mol. The van der Waals surface area contributed by atoms with E-state index in [0.717, 1.165) is 0 Å². The Morgan fingerprint density at radius 2 is 2.15 bits per heavy atom. The largest absolute Gasteiger partial charge is 0.306 e. The molecule has 0 bridgehead atoms. The number of nitrogens with zero attached hydrogens (tertiary/aromatic N) is 2. The molecule has 0 saturated carbocycles. The number of rotatable bonds is 1. The number of sulfone groups is 1. The Kier molecular flexibility index (Phi) is 1.63. The summed E-state index contributed by atoms with van der Waals surface area (Å²) in [5, 5.41) is 0. The lowest BCUT2D eigenvalue weighted by molar-refractivity contribution is 0.602. The van der Waals surface area contributed by atoms with E-state index in [1.54, 1.807) is 35.1 Å². The second-order valence-electron chi connectivity index (χ2n) is 2.80. The maximum absolute atomic E-state index is 11.3. The van der Waals surface area contributed by atoms with Crippen LogP contribution in [0.2, 0.25) is 0 Å². The van der Waals surface area contributed by atoms with E-state index in [1.165, 1.54) is 6.26 Å². The van der Waals surface area contributed by atoms with Crippen LogP contribution in [0, 0.1) is 0 Å². The van der Waals surface area contributed by atoms with Crippen molar-refractivity contribution < 1.29 is 8.42 Å². The second-order valence-corrected chi connectivity index (χ2v) is 4.79. The van der Waals surface area contributed by atoms with Crippen molar-refractivity contribution in [2.24, 2.45) is 0 Å². The number of hydrogen-bond acceptors (Lipinski definition) is 3. The van der Waals surface area contributed by atoms with Gasteiger partial charge in [0, 0.05) is 24.8 Å². The Labute approximate surface area is 75.8 Å². The van der Waals surface area contributed by atoms with Gasteiger partial charge in [0.1, 0.15) is 4.90 Å². The zero-order valence-corrected chi connectivity index (χ0v) is 7.82. The average molecular weight is 196 g/mol. The minimum absolute atomic E-state index is 0.264. The SMILES string of the molecule is CS(=O)(=O)c1cccn2ccnc12. The molecule has 0 atom stereocenters. The van der Waals surface area contributed by atoms with Gasteiger partial charge in [-0.25, -0.2) is 13.4 Å². The summed E-state index contributed by atoms with van der Waals surface area (Å²) in [7, 11) is -3.18.